The molecule has 1 N–H and O–H groups in total. The highest BCUT2D eigenvalue weighted by Crippen LogP contribution is 2.26. The van der Waals surface area contributed by atoms with Crippen molar-refractivity contribution in [1.29, 1.82) is 0 Å². The number of carboxylic acids is 1. The fourth-order valence-electron chi connectivity index (χ4n) is 1.82. The third-order valence-electron chi connectivity index (χ3n) is 2.73. The van der Waals surface area contributed by atoms with Crippen LogP contribution in [-0.4, -0.2) is 22.6 Å². The summed E-state index contributed by atoms with van der Waals surface area (Å²) in [6.07, 6.45) is 1.37. The van der Waals surface area contributed by atoms with Crippen LogP contribution in [0.3, 0.4) is 0 Å². The van der Waals surface area contributed by atoms with Gasteiger partial charge in [-0.1, -0.05) is 29.8 Å². The van der Waals surface area contributed by atoms with Gasteiger partial charge in [0.25, 0.3) is 0 Å². The molecule has 0 fully saturated rings. The van der Waals surface area contributed by atoms with Crippen molar-refractivity contribution >= 4 is 29.1 Å². The minimum atomic E-state index is -1.06. The SMILES string of the molecule is CCN(c1ccccc1)c1cc(C(=O)O)c(Cl)cn1. The van der Waals surface area contributed by atoms with Crippen LogP contribution < -0.4 is 4.90 Å². The van der Waals surface area contributed by atoms with Crippen molar-refractivity contribution in [2.45, 2.75) is 6.92 Å². The molecule has 0 aliphatic heterocycles. The van der Waals surface area contributed by atoms with Crippen LogP contribution in [0.15, 0.2) is 42.6 Å². The van der Waals surface area contributed by atoms with Crippen LogP contribution in [0.2, 0.25) is 5.02 Å². The fraction of sp³-hybridized carbons (Fsp3) is 0.143. The summed E-state index contributed by atoms with van der Waals surface area (Å²) < 4.78 is 0. The van der Waals surface area contributed by atoms with Crippen LogP contribution in [0.4, 0.5) is 11.5 Å². The van der Waals surface area contributed by atoms with E-state index in [-0.39, 0.29) is 10.6 Å². The van der Waals surface area contributed by atoms with E-state index < -0.39 is 5.97 Å². The molecular weight excluding hydrogens is 264 g/mol. The zero-order valence-corrected chi connectivity index (χ0v) is 11.1. The molecule has 0 bridgehead atoms. The minimum absolute atomic E-state index is 0.0565. The molecular formula is C14H13ClN2O2. The van der Waals surface area contributed by atoms with Crippen molar-refractivity contribution in [2.75, 3.05) is 11.4 Å². The Hall–Kier alpha value is -2.07. The van der Waals surface area contributed by atoms with Gasteiger partial charge in [-0.05, 0) is 25.1 Å². The van der Waals surface area contributed by atoms with Crippen LogP contribution in [-0.2, 0) is 0 Å². The molecule has 0 atom stereocenters. The maximum Gasteiger partial charge on any atom is 0.337 e. The van der Waals surface area contributed by atoms with Gasteiger partial charge in [-0.25, -0.2) is 9.78 Å². The number of rotatable bonds is 4. The molecule has 4 nitrogen and oxygen atoms in total. The first-order valence-corrected chi connectivity index (χ1v) is 6.22. The number of carboxylic acid groups (broad SMARTS) is 1. The number of benzene rings is 1. The van der Waals surface area contributed by atoms with Gasteiger partial charge in [0, 0.05) is 18.4 Å². The molecule has 0 saturated heterocycles. The first kappa shape index (κ1) is 13.4. The van der Waals surface area contributed by atoms with Crippen molar-refractivity contribution in [1.82, 2.24) is 4.98 Å². The molecule has 2 rings (SSSR count). The number of halogens is 1. The zero-order chi connectivity index (χ0) is 13.8. The van der Waals surface area contributed by atoms with Crippen LogP contribution in [0.1, 0.15) is 17.3 Å². The van der Waals surface area contributed by atoms with E-state index in [0.29, 0.717) is 12.4 Å². The zero-order valence-electron chi connectivity index (χ0n) is 10.4. The maximum atomic E-state index is 11.1. The monoisotopic (exact) mass is 276 g/mol. The predicted octanol–water partition coefficient (Wildman–Crippen LogP) is 3.59. The topological polar surface area (TPSA) is 53.4 Å². The highest BCUT2D eigenvalue weighted by atomic mass is 35.5. The Balaban J connectivity index is 2.45. The van der Waals surface area contributed by atoms with E-state index in [4.69, 9.17) is 16.7 Å². The standard InChI is InChI=1S/C14H13ClN2O2/c1-2-17(10-6-4-3-5-7-10)13-8-11(14(18)19)12(15)9-16-13/h3-9H,2H2,1H3,(H,18,19). The normalized spacial score (nSPS) is 10.2. The van der Waals surface area contributed by atoms with Gasteiger partial charge in [-0.15, -0.1) is 0 Å². The van der Waals surface area contributed by atoms with Gasteiger partial charge in [-0.2, -0.15) is 0 Å². The second-order valence-corrected chi connectivity index (χ2v) is 4.31. The number of nitrogens with zero attached hydrogens (tertiary/aromatic N) is 2. The summed E-state index contributed by atoms with van der Waals surface area (Å²) >= 11 is 5.82. The summed E-state index contributed by atoms with van der Waals surface area (Å²) in [6, 6.07) is 11.1. The van der Waals surface area contributed by atoms with Crippen LogP contribution in [0, 0.1) is 0 Å². The second-order valence-electron chi connectivity index (χ2n) is 3.91. The van der Waals surface area contributed by atoms with Gasteiger partial charge in [0.2, 0.25) is 0 Å². The van der Waals surface area contributed by atoms with Gasteiger partial charge in [0.1, 0.15) is 5.82 Å². The van der Waals surface area contributed by atoms with E-state index in [1.807, 2.05) is 42.2 Å². The first-order valence-electron chi connectivity index (χ1n) is 5.85. The summed E-state index contributed by atoms with van der Waals surface area (Å²) in [5, 5.41) is 9.22. The predicted molar refractivity (Wildman–Crippen MR) is 75.3 cm³/mol. The largest absolute Gasteiger partial charge is 0.478 e. The Morgan fingerprint density at radius 1 is 1.37 bits per heavy atom. The fourth-order valence-corrected chi connectivity index (χ4v) is 2.01. The lowest BCUT2D eigenvalue weighted by molar-refractivity contribution is 0.0697. The summed E-state index contributed by atoms with van der Waals surface area (Å²) in [5.74, 6) is -0.492. The summed E-state index contributed by atoms with van der Waals surface area (Å²) in [7, 11) is 0. The number of aromatic nitrogens is 1. The average molecular weight is 277 g/mol. The molecule has 0 aliphatic rings. The quantitative estimate of drug-likeness (QED) is 0.927. The number of para-hydroxylation sites is 1. The van der Waals surface area contributed by atoms with Gasteiger partial charge in [-0.3, -0.25) is 0 Å². The van der Waals surface area contributed by atoms with Crippen molar-refractivity contribution in [2.24, 2.45) is 0 Å². The third-order valence-corrected chi connectivity index (χ3v) is 3.03. The van der Waals surface area contributed by atoms with Gasteiger partial charge in [0.05, 0.1) is 10.6 Å². The molecule has 1 aromatic carbocycles. The lowest BCUT2D eigenvalue weighted by Gasteiger charge is -2.22. The average Bonchev–Trinajstić information content (AvgIpc) is 2.42. The lowest BCUT2D eigenvalue weighted by Crippen LogP contribution is -2.18. The van der Waals surface area contributed by atoms with Crippen LogP contribution in [0.5, 0.6) is 0 Å². The molecule has 98 valence electrons. The Kier molecular flexibility index (Phi) is 4.02. The molecule has 5 heteroatoms. The number of pyridine rings is 1. The Morgan fingerprint density at radius 2 is 2.05 bits per heavy atom. The van der Waals surface area contributed by atoms with Gasteiger partial charge < -0.3 is 10.0 Å². The molecule has 0 aliphatic carbocycles. The van der Waals surface area contributed by atoms with E-state index in [0.717, 1.165) is 5.69 Å². The summed E-state index contributed by atoms with van der Waals surface area (Å²) in [5.41, 5.74) is 1.01. The summed E-state index contributed by atoms with van der Waals surface area (Å²) in [4.78, 5) is 17.2. The number of hydrogen-bond donors (Lipinski definition) is 1. The van der Waals surface area contributed by atoms with E-state index >= 15 is 0 Å². The Bertz CT molecular complexity index is 587. The van der Waals surface area contributed by atoms with E-state index in [1.165, 1.54) is 12.3 Å². The number of carbonyl (C=O) groups is 1. The third kappa shape index (κ3) is 2.85. The van der Waals surface area contributed by atoms with E-state index in [2.05, 4.69) is 4.98 Å². The van der Waals surface area contributed by atoms with Gasteiger partial charge in [0.15, 0.2) is 0 Å². The molecule has 2 aromatic rings. The highest BCUT2D eigenvalue weighted by Gasteiger charge is 2.14. The molecule has 19 heavy (non-hydrogen) atoms. The molecule has 0 saturated carbocycles. The van der Waals surface area contributed by atoms with E-state index in [9.17, 15) is 4.79 Å². The number of hydrogen-bond acceptors (Lipinski definition) is 3. The van der Waals surface area contributed by atoms with Gasteiger partial charge >= 0.3 is 5.97 Å². The maximum absolute atomic E-state index is 11.1. The number of aromatic carboxylic acids is 1. The van der Waals surface area contributed by atoms with E-state index in [1.54, 1.807) is 0 Å². The second kappa shape index (κ2) is 5.71. The lowest BCUT2D eigenvalue weighted by atomic mass is 10.2. The highest BCUT2D eigenvalue weighted by molar-refractivity contribution is 6.33. The number of anilines is 2. The minimum Gasteiger partial charge on any atom is -0.478 e. The first-order chi connectivity index (χ1) is 9.13. The van der Waals surface area contributed by atoms with Crippen molar-refractivity contribution < 1.29 is 9.90 Å². The molecule has 0 amide bonds. The molecule has 1 aromatic heterocycles. The van der Waals surface area contributed by atoms with Crippen molar-refractivity contribution in [3.63, 3.8) is 0 Å². The van der Waals surface area contributed by atoms with Crippen molar-refractivity contribution in [3.05, 3.63) is 53.2 Å². The molecule has 0 radical (unpaired) electrons. The molecule has 0 spiro atoms. The Labute approximate surface area is 116 Å². The van der Waals surface area contributed by atoms with Crippen LogP contribution in [0.25, 0.3) is 0 Å². The summed E-state index contributed by atoms with van der Waals surface area (Å²) in [6.45, 7) is 2.65. The molecule has 0 unspecified atom stereocenters. The van der Waals surface area contributed by atoms with Crippen molar-refractivity contribution in [3.8, 4) is 0 Å². The Morgan fingerprint density at radius 3 is 2.63 bits per heavy atom. The smallest absolute Gasteiger partial charge is 0.337 e. The van der Waals surface area contributed by atoms with Crippen LogP contribution >= 0.6 is 11.6 Å². The molecule has 1 heterocycles.